The maximum Gasteiger partial charge on any atom is 0.243 e. The summed E-state index contributed by atoms with van der Waals surface area (Å²) in [6.07, 6.45) is 1.36. The second kappa shape index (κ2) is 11.2. The van der Waals surface area contributed by atoms with Gasteiger partial charge in [-0.1, -0.05) is 60.7 Å². The molecule has 0 saturated carbocycles. The summed E-state index contributed by atoms with van der Waals surface area (Å²) in [5.41, 5.74) is 14.3. The minimum Gasteiger partial charge on any atom is -0.381 e. The second-order valence-corrected chi connectivity index (χ2v) is 9.68. The molecule has 2 aromatic carbocycles. The largest absolute Gasteiger partial charge is 0.381 e. The minimum absolute atomic E-state index is 0.186. The van der Waals surface area contributed by atoms with Crippen LogP contribution in [0, 0.1) is 0 Å². The van der Waals surface area contributed by atoms with Crippen molar-refractivity contribution in [2.24, 2.45) is 22.4 Å². The summed E-state index contributed by atoms with van der Waals surface area (Å²) >= 11 is 1.41. The molecule has 1 aliphatic heterocycles. The molecule has 9 heteroatoms. The van der Waals surface area contributed by atoms with Gasteiger partial charge in [0.1, 0.15) is 6.04 Å². The van der Waals surface area contributed by atoms with Gasteiger partial charge in [-0.25, -0.2) is 0 Å². The van der Waals surface area contributed by atoms with Crippen LogP contribution < -0.4 is 22.6 Å². The Kier molecular flexibility index (Phi) is 7.79. The van der Waals surface area contributed by atoms with Gasteiger partial charge in [-0.15, -0.1) is 11.3 Å². The quantitative estimate of drug-likeness (QED) is 0.166. The van der Waals surface area contributed by atoms with Crippen molar-refractivity contribution >= 4 is 29.0 Å². The van der Waals surface area contributed by atoms with Crippen molar-refractivity contribution in [2.75, 3.05) is 6.54 Å². The number of thiophene rings is 1. The van der Waals surface area contributed by atoms with Gasteiger partial charge in [-0.2, -0.15) is 5.10 Å². The molecule has 4 rings (SSSR count). The molecule has 35 heavy (non-hydrogen) atoms. The van der Waals surface area contributed by atoms with Crippen LogP contribution in [0.2, 0.25) is 0 Å². The maximum atomic E-state index is 13.6. The fourth-order valence-corrected chi connectivity index (χ4v) is 5.39. The van der Waals surface area contributed by atoms with Crippen LogP contribution in [0.15, 0.2) is 77.9 Å². The Labute approximate surface area is 208 Å². The van der Waals surface area contributed by atoms with Crippen molar-refractivity contribution in [2.45, 2.75) is 37.4 Å². The Bertz CT molecular complexity index is 1140. The van der Waals surface area contributed by atoms with Crippen molar-refractivity contribution in [3.8, 4) is 0 Å². The van der Waals surface area contributed by atoms with Crippen LogP contribution in [0.4, 0.5) is 0 Å². The van der Waals surface area contributed by atoms with E-state index in [0.29, 0.717) is 19.5 Å². The van der Waals surface area contributed by atoms with Gasteiger partial charge in [0.05, 0.1) is 17.5 Å². The number of rotatable bonds is 8. The lowest BCUT2D eigenvalue weighted by Gasteiger charge is -2.31. The van der Waals surface area contributed by atoms with Crippen LogP contribution in [0.5, 0.6) is 0 Å². The maximum absolute atomic E-state index is 13.6. The van der Waals surface area contributed by atoms with E-state index in [-0.39, 0.29) is 23.6 Å². The predicted molar refractivity (Wildman–Crippen MR) is 139 cm³/mol. The second-order valence-electron chi connectivity index (χ2n) is 8.51. The van der Waals surface area contributed by atoms with E-state index in [9.17, 15) is 9.59 Å². The van der Waals surface area contributed by atoms with Gasteiger partial charge in [0.15, 0.2) is 5.84 Å². The summed E-state index contributed by atoms with van der Waals surface area (Å²) in [6.45, 7) is 0.843. The molecule has 1 aliphatic rings. The smallest absolute Gasteiger partial charge is 0.243 e. The third-order valence-electron chi connectivity index (χ3n) is 6.29. The number of nitrogens with one attached hydrogen (secondary N) is 1. The lowest BCUT2D eigenvalue weighted by molar-refractivity contribution is -0.139. The summed E-state index contributed by atoms with van der Waals surface area (Å²) in [4.78, 5) is 30.0. The van der Waals surface area contributed by atoms with E-state index in [1.165, 1.54) is 11.3 Å². The molecule has 2 atom stereocenters. The Balaban J connectivity index is 1.47. The monoisotopic (exact) mass is 490 g/mol. The molecule has 3 aromatic rings. The molecule has 1 unspecified atom stereocenters. The van der Waals surface area contributed by atoms with Gasteiger partial charge in [-0.3, -0.25) is 9.59 Å². The van der Waals surface area contributed by atoms with Crippen LogP contribution in [0.3, 0.4) is 0 Å². The third kappa shape index (κ3) is 5.52. The van der Waals surface area contributed by atoms with Crippen molar-refractivity contribution < 1.29 is 9.59 Å². The van der Waals surface area contributed by atoms with Gasteiger partial charge in [-0.05, 0) is 36.1 Å². The number of benzene rings is 2. The van der Waals surface area contributed by atoms with Gasteiger partial charge in [0, 0.05) is 17.3 Å². The Morgan fingerprint density at radius 1 is 1.03 bits per heavy atom. The van der Waals surface area contributed by atoms with Crippen molar-refractivity contribution in [3.63, 3.8) is 0 Å². The molecule has 0 spiro atoms. The van der Waals surface area contributed by atoms with Crippen LogP contribution in [-0.4, -0.2) is 41.2 Å². The summed E-state index contributed by atoms with van der Waals surface area (Å²) in [5, 5.41) is 6.45. The minimum atomic E-state index is -0.813. The highest BCUT2D eigenvalue weighted by atomic mass is 32.1. The van der Waals surface area contributed by atoms with E-state index >= 15 is 0 Å². The van der Waals surface area contributed by atoms with E-state index in [0.717, 1.165) is 27.3 Å². The highest BCUT2D eigenvalue weighted by Crippen LogP contribution is 2.30. The number of carbonyl (C=O) groups excluding carboxylic acids is 2. The average molecular weight is 491 g/mol. The Morgan fingerprint density at radius 2 is 1.66 bits per heavy atom. The third-order valence-corrected chi connectivity index (χ3v) is 7.40. The number of amides is 2. The molecule has 8 nitrogen and oxygen atoms in total. The number of likely N-dealkylation sites (tertiary alicyclic amines) is 1. The van der Waals surface area contributed by atoms with E-state index in [2.05, 4.69) is 10.4 Å². The van der Waals surface area contributed by atoms with Crippen molar-refractivity contribution in [1.82, 2.24) is 10.2 Å². The zero-order valence-corrected chi connectivity index (χ0v) is 20.2. The molecular formula is C26H30N6O2S. The van der Waals surface area contributed by atoms with Crippen LogP contribution >= 0.6 is 11.3 Å². The first-order valence-corrected chi connectivity index (χ1v) is 12.4. The SMILES string of the molecule is NN=C(N)c1ccc(CNC(=O)C2CCCN2C(=O)[C@H](N)C(c2ccccc2)c2ccccc2)s1. The van der Waals surface area contributed by atoms with Gasteiger partial charge in [0.2, 0.25) is 11.8 Å². The first kappa shape index (κ1) is 24.4. The summed E-state index contributed by atoms with van der Waals surface area (Å²) < 4.78 is 0. The summed E-state index contributed by atoms with van der Waals surface area (Å²) in [6, 6.07) is 21.9. The van der Waals surface area contributed by atoms with Gasteiger partial charge < -0.3 is 27.5 Å². The van der Waals surface area contributed by atoms with E-state index in [4.69, 9.17) is 17.3 Å². The lowest BCUT2D eigenvalue weighted by atomic mass is 9.84. The standard InChI is InChI=1S/C26H30N6O2S/c27-23(22(17-8-3-1-4-9-17)18-10-5-2-6-11-18)26(34)32-15-7-12-20(32)25(33)30-16-19-13-14-21(35-19)24(28)31-29/h1-6,8-11,13-14,20,22-23H,7,12,15-16,27,29H2,(H2,28,31)(H,30,33)/t20?,23-/m1/s1. The number of amidine groups is 1. The molecule has 1 saturated heterocycles. The molecule has 2 amide bonds. The highest BCUT2D eigenvalue weighted by Gasteiger charge is 2.39. The van der Waals surface area contributed by atoms with E-state index in [1.807, 2.05) is 72.8 Å². The van der Waals surface area contributed by atoms with Crippen LogP contribution in [0.1, 0.15) is 39.6 Å². The molecule has 1 aromatic heterocycles. The van der Waals surface area contributed by atoms with Gasteiger partial charge >= 0.3 is 0 Å². The molecule has 0 aliphatic carbocycles. The molecule has 7 N–H and O–H groups in total. The molecular weight excluding hydrogens is 460 g/mol. The molecule has 1 fully saturated rings. The average Bonchev–Trinajstić information content (AvgIpc) is 3.58. The normalized spacial score (nSPS) is 16.9. The Morgan fingerprint density at radius 3 is 2.26 bits per heavy atom. The first-order valence-electron chi connectivity index (χ1n) is 11.6. The lowest BCUT2D eigenvalue weighted by Crippen LogP contribution is -2.52. The number of hydrazone groups is 1. The topological polar surface area (TPSA) is 140 Å². The summed E-state index contributed by atoms with van der Waals surface area (Å²) in [7, 11) is 0. The zero-order valence-electron chi connectivity index (χ0n) is 19.3. The number of hydrogen-bond acceptors (Lipinski definition) is 6. The number of carbonyl (C=O) groups is 2. The number of nitrogens with zero attached hydrogens (tertiary/aromatic N) is 2. The highest BCUT2D eigenvalue weighted by molar-refractivity contribution is 7.14. The predicted octanol–water partition coefficient (Wildman–Crippen LogP) is 2.09. The zero-order chi connectivity index (χ0) is 24.8. The summed E-state index contributed by atoms with van der Waals surface area (Å²) in [5.74, 6) is 4.77. The van der Waals surface area contributed by atoms with Crippen molar-refractivity contribution in [1.29, 1.82) is 0 Å². The van der Waals surface area contributed by atoms with Crippen LogP contribution in [-0.2, 0) is 16.1 Å². The fourth-order valence-electron chi connectivity index (χ4n) is 4.53. The van der Waals surface area contributed by atoms with Crippen molar-refractivity contribution in [3.05, 3.63) is 93.7 Å². The first-order chi connectivity index (χ1) is 17.0. The molecule has 0 radical (unpaired) electrons. The molecule has 182 valence electrons. The molecule has 0 bridgehead atoms. The van der Waals surface area contributed by atoms with Gasteiger partial charge in [0.25, 0.3) is 0 Å². The number of hydrogen-bond donors (Lipinski definition) is 4. The molecule has 2 heterocycles. The number of nitrogens with two attached hydrogens (primary N) is 3. The Hall–Kier alpha value is -3.69. The van der Waals surface area contributed by atoms with E-state index in [1.54, 1.807) is 4.90 Å². The fraction of sp³-hybridized carbons (Fsp3) is 0.269. The van der Waals surface area contributed by atoms with Crippen LogP contribution in [0.25, 0.3) is 0 Å². The van der Waals surface area contributed by atoms with E-state index < -0.39 is 12.1 Å².